The number of benzene rings is 1. The van der Waals surface area contributed by atoms with Gasteiger partial charge in [0.05, 0.1) is 11.7 Å². The molecular weight excluding hydrogens is 212 g/mol. The van der Waals surface area contributed by atoms with Gasteiger partial charge in [-0.1, -0.05) is 37.6 Å². The van der Waals surface area contributed by atoms with Crippen molar-refractivity contribution in [1.82, 2.24) is 0 Å². The van der Waals surface area contributed by atoms with Crippen molar-refractivity contribution in [2.45, 2.75) is 51.7 Å². The fourth-order valence-electron chi connectivity index (χ4n) is 1.86. The molecule has 1 unspecified atom stereocenters. The van der Waals surface area contributed by atoms with E-state index in [1.807, 2.05) is 26.0 Å². The predicted octanol–water partition coefficient (Wildman–Crippen LogP) is 3.49. The monoisotopic (exact) mass is 236 g/mol. The van der Waals surface area contributed by atoms with Crippen LogP contribution >= 0.6 is 0 Å². The zero-order valence-electron chi connectivity index (χ0n) is 11.4. The number of aryl methyl sites for hydroxylation is 1. The molecule has 96 valence electrons. The summed E-state index contributed by atoms with van der Waals surface area (Å²) in [5.74, 6) is 0. The van der Waals surface area contributed by atoms with Gasteiger partial charge in [-0.15, -0.1) is 0 Å². The number of hydrogen-bond acceptors (Lipinski definition) is 2. The Kier molecular flexibility index (Phi) is 5.16. The molecule has 2 nitrogen and oxygen atoms in total. The third-order valence-electron chi connectivity index (χ3n) is 3.14. The lowest BCUT2D eigenvalue weighted by molar-refractivity contribution is -0.0200. The highest BCUT2D eigenvalue weighted by atomic mass is 16.5. The molecule has 0 aromatic heterocycles. The second-order valence-corrected chi connectivity index (χ2v) is 5.18. The van der Waals surface area contributed by atoms with Gasteiger partial charge in [0, 0.05) is 13.5 Å². The van der Waals surface area contributed by atoms with Crippen molar-refractivity contribution in [3.05, 3.63) is 35.4 Å². The number of rotatable bonds is 6. The lowest BCUT2D eigenvalue weighted by Crippen LogP contribution is -2.25. The summed E-state index contributed by atoms with van der Waals surface area (Å²) in [4.78, 5) is 0. The van der Waals surface area contributed by atoms with E-state index in [0.717, 1.165) is 18.4 Å². The summed E-state index contributed by atoms with van der Waals surface area (Å²) >= 11 is 0. The standard InChI is InChI=1S/C15H24O2/c1-5-6-12-7-9-13(10-8-12)14(16)11-15(2,3)17-4/h7-10,14,16H,5-6,11H2,1-4H3. The third-order valence-corrected chi connectivity index (χ3v) is 3.14. The average molecular weight is 236 g/mol. The molecule has 0 saturated heterocycles. The molecule has 0 aliphatic carbocycles. The van der Waals surface area contributed by atoms with E-state index >= 15 is 0 Å². The quantitative estimate of drug-likeness (QED) is 0.819. The second-order valence-electron chi connectivity index (χ2n) is 5.18. The SMILES string of the molecule is CCCc1ccc(C(O)CC(C)(C)OC)cc1. The molecule has 1 atom stereocenters. The average Bonchev–Trinajstić information content (AvgIpc) is 2.30. The highest BCUT2D eigenvalue weighted by Gasteiger charge is 2.22. The van der Waals surface area contributed by atoms with Crippen molar-refractivity contribution in [3.63, 3.8) is 0 Å². The maximum atomic E-state index is 10.1. The summed E-state index contributed by atoms with van der Waals surface area (Å²) in [6.45, 7) is 6.15. The number of aliphatic hydroxyl groups is 1. The summed E-state index contributed by atoms with van der Waals surface area (Å²) in [5.41, 5.74) is 2.01. The smallest absolute Gasteiger partial charge is 0.0817 e. The van der Waals surface area contributed by atoms with Gasteiger partial charge in [0.25, 0.3) is 0 Å². The van der Waals surface area contributed by atoms with E-state index in [-0.39, 0.29) is 5.60 Å². The molecule has 1 aromatic carbocycles. The van der Waals surface area contributed by atoms with Gasteiger partial charge in [0.15, 0.2) is 0 Å². The maximum absolute atomic E-state index is 10.1. The first kappa shape index (κ1) is 14.2. The Balaban J connectivity index is 2.66. The normalized spacial score (nSPS) is 13.7. The summed E-state index contributed by atoms with van der Waals surface area (Å²) in [6, 6.07) is 8.23. The Morgan fingerprint density at radius 3 is 2.29 bits per heavy atom. The molecule has 0 amide bonds. The van der Waals surface area contributed by atoms with Crippen molar-refractivity contribution in [2.24, 2.45) is 0 Å². The molecule has 1 aromatic rings. The molecule has 2 heteroatoms. The molecule has 0 saturated carbocycles. The molecule has 1 rings (SSSR count). The van der Waals surface area contributed by atoms with Crippen molar-refractivity contribution in [2.75, 3.05) is 7.11 Å². The van der Waals surface area contributed by atoms with Gasteiger partial charge in [0.1, 0.15) is 0 Å². The van der Waals surface area contributed by atoms with Crippen molar-refractivity contribution < 1.29 is 9.84 Å². The third kappa shape index (κ3) is 4.49. The Hall–Kier alpha value is -0.860. The molecule has 0 heterocycles. The summed E-state index contributed by atoms with van der Waals surface area (Å²) in [6.07, 6.45) is 2.40. The van der Waals surface area contributed by atoms with Crippen LogP contribution < -0.4 is 0 Å². The van der Waals surface area contributed by atoms with Crippen LogP contribution in [0.5, 0.6) is 0 Å². The Morgan fingerprint density at radius 2 is 1.82 bits per heavy atom. The van der Waals surface area contributed by atoms with Crippen LogP contribution in [0.4, 0.5) is 0 Å². The van der Waals surface area contributed by atoms with Gasteiger partial charge < -0.3 is 9.84 Å². The van der Waals surface area contributed by atoms with Gasteiger partial charge in [0.2, 0.25) is 0 Å². The molecule has 17 heavy (non-hydrogen) atoms. The van der Waals surface area contributed by atoms with Crippen LogP contribution in [0.3, 0.4) is 0 Å². The molecule has 0 bridgehead atoms. The molecule has 0 spiro atoms. The van der Waals surface area contributed by atoms with Crippen molar-refractivity contribution in [1.29, 1.82) is 0 Å². The number of ether oxygens (including phenoxy) is 1. The maximum Gasteiger partial charge on any atom is 0.0817 e. The lowest BCUT2D eigenvalue weighted by atomic mass is 9.95. The summed E-state index contributed by atoms with van der Waals surface area (Å²) < 4.78 is 5.33. The zero-order valence-corrected chi connectivity index (χ0v) is 11.4. The summed E-state index contributed by atoms with van der Waals surface area (Å²) in [5, 5.41) is 10.1. The largest absolute Gasteiger partial charge is 0.388 e. The number of aliphatic hydroxyl groups excluding tert-OH is 1. The molecule has 0 fully saturated rings. The van der Waals surface area contributed by atoms with Crippen LogP contribution in [0, 0.1) is 0 Å². The van der Waals surface area contributed by atoms with Crippen molar-refractivity contribution >= 4 is 0 Å². The predicted molar refractivity (Wildman–Crippen MR) is 71.1 cm³/mol. The van der Waals surface area contributed by atoms with E-state index in [2.05, 4.69) is 19.1 Å². The van der Waals surface area contributed by atoms with E-state index in [1.165, 1.54) is 5.56 Å². The Labute approximate surface area is 105 Å². The minimum Gasteiger partial charge on any atom is -0.388 e. The van der Waals surface area contributed by atoms with Gasteiger partial charge in [-0.25, -0.2) is 0 Å². The van der Waals surface area contributed by atoms with Crippen LogP contribution in [0.15, 0.2) is 24.3 Å². The minimum atomic E-state index is -0.458. The van der Waals surface area contributed by atoms with Crippen LogP contribution in [0.25, 0.3) is 0 Å². The van der Waals surface area contributed by atoms with E-state index in [0.29, 0.717) is 6.42 Å². The topological polar surface area (TPSA) is 29.5 Å². The van der Waals surface area contributed by atoms with Crippen LogP contribution in [-0.4, -0.2) is 17.8 Å². The van der Waals surface area contributed by atoms with Gasteiger partial charge in [-0.2, -0.15) is 0 Å². The number of methoxy groups -OCH3 is 1. The van der Waals surface area contributed by atoms with Gasteiger partial charge >= 0.3 is 0 Å². The van der Waals surface area contributed by atoms with E-state index in [9.17, 15) is 5.11 Å². The highest BCUT2D eigenvalue weighted by molar-refractivity contribution is 5.24. The fourth-order valence-corrected chi connectivity index (χ4v) is 1.86. The van der Waals surface area contributed by atoms with Gasteiger partial charge in [-0.05, 0) is 31.4 Å². The molecule has 0 radical (unpaired) electrons. The Bertz CT molecular complexity index is 327. The van der Waals surface area contributed by atoms with E-state index in [4.69, 9.17) is 4.74 Å². The fraction of sp³-hybridized carbons (Fsp3) is 0.600. The van der Waals surface area contributed by atoms with Crippen LogP contribution in [0.1, 0.15) is 50.8 Å². The minimum absolute atomic E-state index is 0.290. The van der Waals surface area contributed by atoms with Crippen LogP contribution in [-0.2, 0) is 11.2 Å². The molecule has 0 aliphatic heterocycles. The zero-order chi connectivity index (χ0) is 12.9. The Morgan fingerprint density at radius 1 is 1.24 bits per heavy atom. The first-order valence-electron chi connectivity index (χ1n) is 6.30. The second kappa shape index (κ2) is 6.18. The van der Waals surface area contributed by atoms with E-state index in [1.54, 1.807) is 7.11 Å². The van der Waals surface area contributed by atoms with Crippen LogP contribution in [0.2, 0.25) is 0 Å². The van der Waals surface area contributed by atoms with Gasteiger partial charge in [-0.3, -0.25) is 0 Å². The first-order chi connectivity index (χ1) is 7.98. The lowest BCUT2D eigenvalue weighted by Gasteiger charge is -2.26. The molecular formula is C15H24O2. The highest BCUT2D eigenvalue weighted by Crippen LogP contribution is 2.26. The number of hydrogen-bond donors (Lipinski definition) is 1. The van der Waals surface area contributed by atoms with E-state index < -0.39 is 6.10 Å². The summed E-state index contributed by atoms with van der Waals surface area (Å²) in [7, 11) is 1.68. The molecule has 0 aliphatic rings. The van der Waals surface area contributed by atoms with Crippen molar-refractivity contribution in [3.8, 4) is 0 Å². The molecule has 1 N–H and O–H groups in total. The first-order valence-corrected chi connectivity index (χ1v) is 6.30.